The number of amides is 11. The summed E-state index contributed by atoms with van der Waals surface area (Å²) >= 11 is 12.1. The van der Waals surface area contributed by atoms with E-state index in [0.717, 1.165) is 16.7 Å². The van der Waals surface area contributed by atoms with Crippen molar-refractivity contribution in [1.82, 2.24) is 56.8 Å². The second kappa shape index (κ2) is 49.6. The molecule has 0 aliphatic carbocycles. The van der Waals surface area contributed by atoms with E-state index in [4.69, 9.17) is 72.9 Å². The minimum Gasteiger partial charge on any atom is -0.481 e. The number of likely N-dealkylation sites (tertiary alicyclic amines) is 4. The molecule has 13 atom stereocenters. The first-order chi connectivity index (χ1) is 65.4. The van der Waals surface area contributed by atoms with Gasteiger partial charge in [0.1, 0.15) is 84.5 Å². The SMILES string of the molecule is CC(C)(C)OC(=O)N[C@H](C(=O)N1CCCC1C(=O)NC1CC(=O)OC1OCc1ccccc1)C(C)(C)C.CC(C)(C)OC(=O)N[C@H](C(=O)N1CCC[C@H]1C(=O)OCc1ccccc1)C(C)(C)C.CC(C)(C)[C@H](NC(=O)c1ccc(N)c(Cl)c1)C(=O)N1CCCC1C(=O)NC1CC(=O)OC1OCc1ccccc1.CC(C)(C)[C@H](NC(=O)c1ccc(N)c(Cl)c1)C(=O)N1CCCC1C(=O)N[C@H](C=O)CC(=O)O. The lowest BCUT2D eigenvalue weighted by molar-refractivity contribution is -0.169. The number of carbonyl (C=O) groups excluding carboxylic acids is 15. The van der Waals surface area contributed by atoms with E-state index >= 15 is 0 Å². The number of rotatable bonds is 28. The summed E-state index contributed by atoms with van der Waals surface area (Å²) in [6, 6.07) is 28.0. The summed E-state index contributed by atoms with van der Waals surface area (Å²) in [5.41, 5.74) is 11.4. The number of nitrogens with zero attached hydrogens (tertiary/aromatic N) is 4. The van der Waals surface area contributed by atoms with Crippen molar-refractivity contribution in [2.45, 2.75) is 305 Å². The normalized spacial score (nSPS) is 20.2. The van der Waals surface area contributed by atoms with Gasteiger partial charge in [0, 0.05) is 37.3 Å². The summed E-state index contributed by atoms with van der Waals surface area (Å²) < 4.78 is 38.3. The van der Waals surface area contributed by atoms with Gasteiger partial charge in [-0.1, -0.05) is 197 Å². The molecular weight excluding hydrogens is 1850 g/mol. The molecule has 5 aromatic rings. The second-order valence-electron chi connectivity index (χ2n) is 41.6. The molecule has 6 heterocycles. The molecule has 0 spiro atoms. The van der Waals surface area contributed by atoms with Crippen molar-refractivity contribution < 1.29 is 115 Å². The number of hydrogen-bond donors (Lipinski definition) is 10. The molecule has 39 heteroatoms. The molecule has 0 saturated carbocycles. The Labute approximate surface area is 827 Å². The number of ether oxygens (including phenoxy) is 7. The van der Waals surface area contributed by atoms with Crippen LogP contribution in [0.1, 0.15) is 233 Å². The topological polar surface area (TPSA) is 507 Å². The van der Waals surface area contributed by atoms with Crippen molar-refractivity contribution in [2.24, 2.45) is 21.7 Å². The third-order valence-electron chi connectivity index (χ3n) is 23.4. The number of aldehydes is 1. The number of anilines is 2. The third kappa shape index (κ3) is 33.6. The van der Waals surface area contributed by atoms with Gasteiger partial charge in [-0.2, -0.15) is 0 Å². The largest absolute Gasteiger partial charge is 0.481 e. The zero-order valence-corrected chi connectivity index (χ0v) is 84.5. The maximum absolute atomic E-state index is 13.8. The summed E-state index contributed by atoms with van der Waals surface area (Å²) in [4.78, 5) is 209. The molecule has 37 nitrogen and oxygen atoms in total. The molecule has 12 N–H and O–H groups in total. The molecule has 764 valence electrons. The molecule has 6 fully saturated rings. The number of nitrogens with two attached hydrogens (primary N) is 2. The van der Waals surface area contributed by atoms with Crippen molar-refractivity contribution in [3.63, 3.8) is 0 Å². The lowest BCUT2D eigenvalue weighted by Gasteiger charge is -2.36. The van der Waals surface area contributed by atoms with Crippen LogP contribution >= 0.6 is 23.2 Å². The molecule has 6 aliphatic rings. The average Bonchev–Trinajstić information content (AvgIpc) is 1.60. The van der Waals surface area contributed by atoms with Gasteiger partial charge in [-0.05, 0) is 168 Å². The minimum absolute atomic E-state index is 0.0172. The van der Waals surface area contributed by atoms with Gasteiger partial charge in [-0.25, -0.2) is 14.4 Å². The fourth-order valence-electron chi connectivity index (χ4n) is 16.2. The molecule has 11 rings (SSSR count). The van der Waals surface area contributed by atoms with E-state index < -0.39 is 184 Å². The predicted octanol–water partition coefficient (Wildman–Crippen LogP) is 10.8. The van der Waals surface area contributed by atoms with E-state index in [1.807, 2.05) is 153 Å². The molecule has 0 aromatic heterocycles. The Bertz CT molecular complexity index is 5210. The van der Waals surface area contributed by atoms with Crippen LogP contribution < -0.4 is 48.7 Å². The van der Waals surface area contributed by atoms with Crippen molar-refractivity contribution in [3.8, 4) is 0 Å². The Morgan fingerprint density at radius 2 is 0.736 bits per heavy atom. The maximum atomic E-state index is 13.8. The highest BCUT2D eigenvalue weighted by Gasteiger charge is 2.50. The number of carboxylic acids is 1. The maximum Gasteiger partial charge on any atom is 0.408 e. The first-order valence-corrected chi connectivity index (χ1v) is 47.6. The summed E-state index contributed by atoms with van der Waals surface area (Å²) in [6.45, 7) is 34.6. The number of cyclic esters (lactones) is 2. The molecule has 140 heavy (non-hydrogen) atoms. The summed E-state index contributed by atoms with van der Waals surface area (Å²) in [5.74, 6) is -6.44. The van der Waals surface area contributed by atoms with Crippen molar-refractivity contribution >= 4 is 130 Å². The highest BCUT2D eigenvalue weighted by molar-refractivity contribution is 6.34. The predicted molar refractivity (Wildman–Crippen MR) is 519 cm³/mol. The van der Waals surface area contributed by atoms with E-state index in [9.17, 15) is 76.7 Å². The van der Waals surface area contributed by atoms with Crippen molar-refractivity contribution in [2.75, 3.05) is 37.6 Å². The first kappa shape index (κ1) is 113. The van der Waals surface area contributed by atoms with Crippen LogP contribution in [-0.2, 0) is 111 Å². The highest BCUT2D eigenvalue weighted by Crippen LogP contribution is 2.35. The van der Waals surface area contributed by atoms with E-state index in [1.165, 1.54) is 56.0 Å². The van der Waals surface area contributed by atoms with E-state index in [2.05, 4.69) is 37.2 Å². The van der Waals surface area contributed by atoms with Gasteiger partial charge in [0.25, 0.3) is 11.8 Å². The number of aliphatic carboxylic acids is 1. The number of nitrogens with one attached hydrogen (secondary N) is 7. The Morgan fingerprint density at radius 3 is 1.04 bits per heavy atom. The molecule has 5 aromatic carbocycles. The number of carboxylic acid groups (broad SMARTS) is 1. The molecular formula is C101H137Cl2N13O24. The quantitative estimate of drug-likeness (QED) is 0.00962. The first-order valence-electron chi connectivity index (χ1n) is 46.8. The van der Waals surface area contributed by atoms with E-state index in [0.29, 0.717) is 88.7 Å². The number of carbonyl (C=O) groups is 16. The highest BCUT2D eigenvalue weighted by atomic mass is 35.5. The van der Waals surface area contributed by atoms with Crippen LogP contribution in [0.25, 0.3) is 0 Å². The summed E-state index contributed by atoms with van der Waals surface area (Å²) in [6.07, 6.45) is 0.886. The van der Waals surface area contributed by atoms with Gasteiger partial charge in [0.15, 0.2) is 0 Å². The van der Waals surface area contributed by atoms with Gasteiger partial charge in [-0.15, -0.1) is 0 Å². The molecule has 7 unspecified atom stereocenters. The summed E-state index contributed by atoms with van der Waals surface area (Å²) in [5, 5.41) is 28.4. The smallest absolute Gasteiger partial charge is 0.408 e. The van der Waals surface area contributed by atoms with Crippen molar-refractivity contribution in [3.05, 3.63) is 165 Å². The Balaban J connectivity index is 0.000000230. The Kier molecular flexibility index (Phi) is 39.9. The number of nitrogen functional groups attached to an aromatic ring is 2. The lowest BCUT2D eigenvalue weighted by Crippen LogP contribution is -2.59. The van der Waals surface area contributed by atoms with Gasteiger partial charge in [0.2, 0.25) is 53.9 Å². The summed E-state index contributed by atoms with van der Waals surface area (Å²) in [7, 11) is 0. The number of hydrogen-bond acceptors (Lipinski definition) is 25. The van der Waals surface area contributed by atoms with Crippen molar-refractivity contribution in [1.29, 1.82) is 0 Å². The van der Waals surface area contributed by atoms with Crippen LogP contribution in [0.3, 0.4) is 0 Å². The second-order valence-corrected chi connectivity index (χ2v) is 42.4. The van der Waals surface area contributed by atoms with Crippen LogP contribution in [0.2, 0.25) is 10.0 Å². The Morgan fingerprint density at radius 1 is 0.429 bits per heavy atom. The van der Waals surface area contributed by atoms with Gasteiger partial charge in [0.05, 0.1) is 59.9 Å². The van der Waals surface area contributed by atoms with Crippen LogP contribution in [0.15, 0.2) is 127 Å². The van der Waals surface area contributed by atoms with Gasteiger partial charge >= 0.3 is 36.1 Å². The van der Waals surface area contributed by atoms with Gasteiger partial charge in [-0.3, -0.25) is 57.5 Å². The third-order valence-corrected chi connectivity index (χ3v) is 24.0. The minimum atomic E-state index is -1.23. The fraction of sp³-hybridized carbons (Fsp3) is 0.545. The van der Waals surface area contributed by atoms with E-state index in [-0.39, 0.29) is 84.0 Å². The average molecular weight is 1990 g/mol. The van der Waals surface area contributed by atoms with Gasteiger partial charge < -0.3 is 111 Å². The number of benzene rings is 5. The standard InChI is InChI=1S/C29H35ClN4O6.C27H39N3O7.C23H34N2O5.C22H29ClN4O6/c1-29(2,3)24(33-25(36)18-11-12-20(31)19(30)14-18)27(38)34-13-7-10-22(34)26(37)32-21-15-23(35)40-28(21)39-16-17-8-5-4-6-9-17;1-26(2,3)21(29-25(34)37-27(4,5)6)23(33)30-14-10-13-19(30)22(32)28-18-15-20(31)36-24(18)35-16-17-11-8-7-9-12-17;1-22(2,3)18(24-21(28)30-23(4,5)6)19(26)25-14-10-13-17(25)20(27)29-15-16-11-8-7-9-12-16;1-22(2,3)18(26-19(31)12-6-7-15(24)14(23)9-12)21(33)27-8-4-5-16(27)20(32)25-13(11-28)10-17(29)30/h4-6,8-9,11-12,14,21-22,24,28H,7,10,13,15-16,31H2,1-3H3,(H,32,37)(H,33,36);7-9,11-12,18-19,21,24H,10,13-16H2,1-6H3,(H,28,32)(H,29,34);7-9,11-12,17-18H,10,13-15H2,1-6H3,(H,24,28);6-7,9,11,13,16,18H,4-5,8,10,24H2,1-3H3,(H,25,32)(H,26,31)(H,29,30)/t21?,22?,24-,28?;18?,19?,21-,24?;17-,18+;13-,16?,18+/m1100/s1. The lowest BCUT2D eigenvalue weighted by atomic mass is 9.85. The monoisotopic (exact) mass is 1990 g/mol. The Hall–Kier alpha value is -12.5. The molecule has 6 saturated heterocycles. The molecule has 0 bridgehead atoms. The number of alkyl carbamates (subject to hydrolysis) is 2. The molecule has 11 amide bonds. The fourth-order valence-corrected chi connectivity index (χ4v) is 16.5. The number of halogens is 2. The van der Waals surface area contributed by atoms with Crippen LogP contribution in [-0.4, -0.2) is 237 Å². The van der Waals surface area contributed by atoms with Crippen LogP contribution in [0.5, 0.6) is 0 Å². The molecule has 6 aliphatic heterocycles. The van der Waals surface area contributed by atoms with E-state index in [1.54, 1.807) is 62.3 Å². The van der Waals surface area contributed by atoms with Crippen LogP contribution in [0, 0.1) is 21.7 Å². The number of esters is 3. The zero-order chi connectivity index (χ0) is 104. The van der Waals surface area contributed by atoms with Crippen LogP contribution in [0.4, 0.5) is 21.0 Å². The molecule has 0 radical (unpaired) electrons. The zero-order valence-electron chi connectivity index (χ0n) is 83.0.